The van der Waals surface area contributed by atoms with Crippen LogP contribution in [0.25, 0.3) is 93.9 Å². The minimum Gasteiger partial charge on any atom is -0.454 e. The summed E-state index contributed by atoms with van der Waals surface area (Å²) in [6.45, 7) is 0. The van der Waals surface area contributed by atoms with Crippen molar-refractivity contribution in [2.75, 3.05) is 4.90 Å². The summed E-state index contributed by atoms with van der Waals surface area (Å²) in [7, 11) is 0. The zero-order valence-electron chi connectivity index (χ0n) is 41.6. The first kappa shape index (κ1) is 42.8. The first-order chi connectivity index (χ1) is 37.7. The molecule has 0 radical (unpaired) electrons. The number of hydrogen-bond acceptors (Lipinski definition) is 2. The molecule has 13 aromatic rings. The van der Waals surface area contributed by atoms with E-state index in [9.17, 15) is 0 Å². The molecule has 0 fully saturated rings. The number of hydrogen-bond donors (Lipinski definition) is 0. The Balaban J connectivity index is 0.935. The van der Waals surface area contributed by atoms with Crippen molar-refractivity contribution < 1.29 is 4.42 Å². The van der Waals surface area contributed by atoms with Gasteiger partial charge in [0, 0.05) is 44.5 Å². The molecule has 0 N–H and O–H groups in total. The highest BCUT2D eigenvalue weighted by atomic mass is 16.3. The molecule has 3 nitrogen and oxygen atoms in total. The predicted octanol–water partition coefficient (Wildman–Crippen LogP) is 19.1. The van der Waals surface area contributed by atoms with E-state index in [0.717, 1.165) is 73.4 Å². The van der Waals surface area contributed by atoms with E-state index in [1.807, 2.05) is 0 Å². The van der Waals surface area contributed by atoms with E-state index in [-0.39, 0.29) is 5.92 Å². The van der Waals surface area contributed by atoms with Gasteiger partial charge in [0.1, 0.15) is 5.58 Å². The molecule has 0 amide bonds. The molecule has 3 aliphatic rings. The number of fused-ring (bicyclic) bond motifs is 17. The van der Waals surface area contributed by atoms with E-state index in [2.05, 4.69) is 282 Å². The van der Waals surface area contributed by atoms with Gasteiger partial charge >= 0.3 is 0 Å². The normalized spacial score (nSPS) is 16.1. The Bertz CT molecular complexity index is 4560. The Hall–Kier alpha value is -9.70. The lowest BCUT2D eigenvalue weighted by Gasteiger charge is -2.31. The van der Waals surface area contributed by atoms with E-state index in [4.69, 9.17) is 4.42 Å². The predicted molar refractivity (Wildman–Crippen MR) is 315 cm³/mol. The van der Waals surface area contributed by atoms with Gasteiger partial charge in [-0.25, -0.2) is 0 Å². The molecule has 76 heavy (non-hydrogen) atoms. The van der Waals surface area contributed by atoms with Gasteiger partial charge in [-0.15, -0.1) is 0 Å². The lowest BCUT2D eigenvalue weighted by molar-refractivity contribution is 0.668. The number of benzene rings is 11. The maximum absolute atomic E-state index is 6.87. The van der Waals surface area contributed by atoms with Crippen LogP contribution < -0.4 is 4.90 Å². The van der Waals surface area contributed by atoms with Crippen molar-refractivity contribution >= 4 is 55.1 Å². The molecule has 3 heteroatoms. The summed E-state index contributed by atoms with van der Waals surface area (Å²) in [5, 5.41) is 4.77. The molecule has 2 unspecified atom stereocenters. The van der Waals surface area contributed by atoms with Crippen LogP contribution in [0.2, 0.25) is 0 Å². The van der Waals surface area contributed by atoms with Crippen LogP contribution in [-0.2, 0) is 5.41 Å². The molecular weight excluding hydrogens is 921 g/mol. The van der Waals surface area contributed by atoms with E-state index in [1.165, 1.54) is 71.9 Å². The molecule has 2 aromatic heterocycles. The highest BCUT2D eigenvalue weighted by molar-refractivity contribution is 6.19. The number of rotatable bonds is 7. The van der Waals surface area contributed by atoms with E-state index in [1.54, 1.807) is 0 Å². The van der Waals surface area contributed by atoms with Crippen LogP contribution in [0.15, 0.2) is 283 Å². The summed E-state index contributed by atoms with van der Waals surface area (Å²) in [5.41, 5.74) is 24.3. The van der Waals surface area contributed by atoms with Gasteiger partial charge in [0.15, 0.2) is 5.58 Å². The van der Waals surface area contributed by atoms with Gasteiger partial charge in [-0.2, -0.15) is 0 Å². The maximum atomic E-state index is 6.87. The lowest BCUT2D eigenvalue weighted by Crippen LogP contribution is -2.25. The van der Waals surface area contributed by atoms with Crippen LogP contribution in [0.5, 0.6) is 0 Å². The fourth-order valence-electron chi connectivity index (χ4n) is 13.5. The van der Waals surface area contributed by atoms with Crippen LogP contribution in [0.1, 0.15) is 40.2 Å². The summed E-state index contributed by atoms with van der Waals surface area (Å²) in [6, 6.07) is 94.1. The smallest absolute Gasteiger partial charge is 0.159 e. The Kier molecular flexibility index (Phi) is 9.38. The summed E-state index contributed by atoms with van der Waals surface area (Å²) >= 11 is 0. The molecule has 11 aromatic carbocycles. The quantitative estimate of drug-likeness (QED) is 0.159. The molecule has 2 atom stereocenters. The molecule has 0 saturated heterocycles. The van der Waals surface area contributed by atoms with Gasteiger partial charge in [0.2, 0.25) is 0 Å². The van der Waals surface area contributed by atoms with Gasteiger partial charge in [-0.05, 0) is 145 Å². The van der Waals surface area contributed by atoms with Crippen LogP contribution >= 0.6 is 0 Å². The topological polar surface area (TPSA) is 21.3 Å². The Morgan fingerprint density at radius 2 is 1.11 bits per heavy atom. The average molecular weight is 969 g/mol. The molecule has 0 saturated carbocycles. The number of para-hydroxylation sites is 4. The third-order valence-corrected chi connectivity index (χ3v) is 16.7. The fraction of sp³-hybridized carbons (Fsp3) is 0.0411. The summed E-state index contributed by atoms with van der Waals surface area (Å²) in [6.07, 6.45) is 7.98. The van der Waals surface area contributed by atoms with Crippen LogP contribution in [0.4, 0.5) is 11.4 Å². The lowest BCUT2D eigenvalue weighted by atomic mass is 9.70. The molecule has 3 aliphatic carbocycles. The molecule has 2 heterocycles. The number of aromatic nitrogens is 1. The third-order valence-electron chi connectivity index (χ3n) is 16.7. The molecule has 0 bridgehead atoms. The van der Waals surface area contributed by atoms with Crippen LogP contribution in [0, 0.1) is 0 Å². The second kappa shape index (κ2) is 16.7. The summed E-state index contributed by atoms with van der Waals surface area (Å²) in [5.74, 6) is 0.285. The highest BCUT2D eigenvalue weighted by Crippen LogP contribution is 2.65. The fourth-order valence-corrected chi connectivity index (χ4v) is 13.5. The Labute approximate surface area is 441 Å². The first-order valence-corrected chi connectivity index (χ1v) is 26.5. The number of furan rings is 1. The Morgan fingerprint density at radius 1 is 0.447 bits per heavy atom. The van der Waals surface area contributed by atoms with Crippen molar-refractivity contribution in [3.63, 3.8) is 0 Å². The van der Waals surface area contributed by atoms with Gasteiger partial charge in [-0.3, -0.25) is 0 Å². The zero-order valence-corrected chi connectivity index (χ0v) is 41.6. The van der Waals surface area contributed by atoms with Crippen molar-refractivity contribution in [3.8, 4) is 50.2 Å². The standard InChI is InChI=1S/C73H48N2O/c1-4-19-47(20-5-1)49-35-38-54(39-36-49)74(68-33-18-29-59-58-26-13-17-34-69(58)76-72(59)68)55-44-51(48-21-6-2-7-22-48)43-52(45-55)50-37-40-57-56-25-10-14-30-62(56)73(65(57)46-50)63-31-15-11-27-60(63)70-64(73)41-42-67-71(70)61-28-12-16-32-66(61)75(67)53-23-8-3-9-24-53/h1-35,37-46,49H,36H2. The minimum atomic E-state index is -0.562. The number of anilines is 2. The van der Waals surface area contributed by atoms with Crippen LogP contribution in [0.3, 0.4) is 0 Å². The SMILES string of the molecule is C1=CC(c2ccccc2)CC=C1N(c1cc(-c2ccccc2)cc(-c2ccc3c(c2)C2(c4ccccc4-3)c3ccccc3-c3c2ccc2c3c3ccccc3n2-c2ccccc2)c1)c1cccc2c1oc1ccccc12. The molecular formula is C73H48N2O. The van der Waals surface area contributed by atoms with Gasteiger partial charge in [-0.1, -0.05) is 206 Å². The highest BCUT2D eigenvalue weighted by Gasteiger charge is 2.52. The maximum Gasteiger partial charge on any atom is 0.159 e. The summed E-state index contributed by atoms with van der Waals surface area (Å²) in [4.78, 5) is 2.43. The molecule has 1 spiro atoms. The van der Waals surface area contributed by atoms with E-state index in [0.29, 0.717) is 0 Å². The first-order valence-electron chi connectivity index (χ1n) is 26.5. The largest absolute Gasteiger partial charge is 0.454 e. The van der Waals surface area contributed by atoms with Gasteiger partial charge < -0.3 is 13.9 Å². The van der Waals surface area contributed by atoms with Crippen molar-refractivity contribution in [2.45, 2.75) is 17.8 Å². The van der Waals surface area contributed by atoms with E-state index < -0.39 is 5.41 Å². The number of allylic oxidation sites excluding steroid dienone is 3. The zero-order chi connectivity index (χ0) is 49.9. The van der Waals surface area contributed by atoms with Crippen molar-refractivity contribution in [1.29, 1.82) is 0 Å². The van der Waals surface area contributed by atoms with Crippen LogP contribution in [-0.4, -0.2) is 4.57 Å². The average Bonchev–Trinajstić information content (AvgIpc) is 4.42. The minimum absolute atomic E-state index is 0.285. The third kappa shape index (κ3) is 6.17. The second-order valence-electron chi connectivity index (χ2n) is 20.6. The molecule has 16 rings (SSSR count). The van der Waals surface area contributed by atoms with E-state index >= 15 is 0 Å². The van der Waals surface area contributed by atoms with Gasteiger partial charge in [0.05, 0.1) is 22.1 Å². The molecule has 356 valence electrons. The number of nitrogens with zero attached hydrogens (tertiary/aromatic N) is 2. The van der Waals surface area contributed by atoms with Crippen molar-refractivity contribution in [3.05, 3.63) is 307 Å². The second-order valence-corrected chi connectivity index (χ2v) is 20.6. The molecule has 0 aliphatic heterocycles. The monoisotopic (exact) mass is 968 g/mol. The van der Waals surface area contributed by atoms with Gasteiger partial charge in [0.25, 0.3) is 0 Å². The van der Waals surface area contributed by atoms with Crippen molar-refractivity contribution in [2.24, 2.45) is 0 Å². The summed E-state index contributed by atoms with van der Waals surface area (Å²) < 4.78 is 9.32. The Morgan fingerprint density at radius 3 is 1.91 bits per heavy atom. The van der Waals surface area contributed by atoms with Crippen molar-refractivity contribution in [1.82, 2.24) is 4.57 Å².